The second kappa shape index (κ2) is 12.4. The van der Waals surface area contributed by atoms with Gasteiger partial charge in [0.05, 0.1) is 53.9 Å². The first kappa shape index (κ1) is 29.9. The summed E-state index contributed by atoms with van der Waals surface area (Å²) in [6.45, 7) is 2.08. The van der Waals surface area contributed by atoms with Gasteiger partial charge < -0.3 is 19.3 Å². The third-order valence-electron chi connectivity index (χ3n) is 7.45. The molecule has 1 atom stereocenters. The zero-order valence-corrected chi connectivity index (χ0v) is 26.5. The van der Waals surface area contributed by atoms with Gasteiger partial charge in [-0.25, -0.2) is 9.78 Å². The molecule has 6 rings (SSSR count). The first-order valence-corrected chi connectivity index (χ1v) is 15.5. The van der Waals surface area contributed by atoms with Crippen molar-refractivity contribution in [3.8, 4) is 33.9 Å². The number of rotatable bonds is 9. The number of ether oxygens (including phenoxy) is 3. The lowest BCUT2D eigenvalue weighted by atomic mass is 9.99. The topological polar surface area (TPSA) is 117 Å². The fraction of sp³-hybridized carbons (Fsp3) is 0.176. The van der Waals surface area contributed by atoms with Crippen LogP contribution in [0.3, 0.4) is 0 Å². The molecule has 45 heavy (non-hydrogen) atoms. The molecule has 1 unspecified atom stereocenters. The van der Waals surface area contributed by atoms with Crippen LogP contribution in [0.1, 0.15) is 33.3 Å². The van der Waals surface area contributed by atoms with E-state index in [0.29, 0.717) is 28.5 Å². The molecule has 0 spiro atoms. The van der Waals surface area contributed by atoms with Crippen molar-refractivity contribution in [1.82, 2.24) is 4.98 Å². The van der Waals surface area contributed by atoms with Crippen molar-refractivity contribution in [2.75, 3.05) is 26.3 Å². The maximum Gasteiger partial charge on any atom is 0.346 e. The second-order valence-electron chi connectivity index (χ2n) is 10.3. The molecule has 0 saturated carbocycles. The molecule has 11 heteroatoms. The lowest BCUT2D eigenvalue weighted by Crippen LogP contribution is -2.18. The molecule has 0 aliphatic carbocycles. The number of aromatic nitrogens is 1. The van der Waals surface area contributed by atoms with Gasteiger partial charge in [-0.3, -0.25) is 5.01 Å². The fourth-order valence-electron chi connectivity index (χ4n) is 5.23. The van der Waals surface area contributed by atoms with Gasteiger partial charge in [0.2, 0.25) is 5.75 Å². The largest absolute Gasteiger partial charge is 0.493 e. The van der Waals surface area contributed by atoms with Crippen LogP contribution < -0.4 is 19.2 Å². The molecule has 0 fully saturated rings. The highest BCUT2D eigenvalue weighted by Crippen LogP contribution is 2.45. The highest BCUT2D eigenvalue weighted by molar-refractivity contribution is 7.21. The Morgan fingerprint density at radius 2 is 1.73 bits per heavy atom. The Hall–Kier alpha value is -5.18. The number of carboxylic acids is 1. The lowest BCUT2D eigenvalue weighted by Gasteiger charge is -2.25. The van der Waals surface area contributed by atoms with Crippen LogP contribution in [0.5, 0.6) is 17.2 Å². The second-order valence-corrected chi connectivity index (χ2v) is 12.4. The molecule has 226 valence electrons. The van der Waals surface area contributed by atoms with E-state index in [2.05, 4.69) is 37.3 Å². The van der Waals surface area contributed by atoms with E-state index in [1.165, 1.54) is 23.0 Å². The number of methoxy groups -OCH3 is 3. The molecule has 0 amide bonds. The van der Waals surface area contributed by atoms with Gasteiger partial charge in [0.1, 0.15) is 16.6 Å². The van der Waals surface area contributed by atoms with Crippen molar-refractivity contribution in [1.29, 1.82) is 5.26 Å². The molecular weight excluding hydrogens is 609 g/mol. The summed E-state index contributed by atoms with van der Waals surface area (Å²) in [4.78, 5) is 17.7. The van der Waals surface area contributed by atoms with Crippen molar-refractivity contribution in [3.05, 3.63) is 93.2 Å². The number of fused-ring (bicyclic) bond motifs is 1. The van der Waals surface area contributed by atoms with E-state index >= 15 is 0 Å². The number of aryl methyl sites for hydroxylation is 1. The van der Waals surface area contributed by atoms with Crippen LogP contribution >= 0.6 is 22.7 Å². The summed E-state index contributed by atoms with van der Waals surface area (Å²) in [7, 11) is 4.75. The van der Waals surface area contributed by atoms with Gasteiger partial charge in [-0.2, -0.15) is 10.4 Å². The quantitative estimate of drug-likeness (QED) is 0.129. The predicted octanol–water partition coefficient (Wildman–Crippen LogP) is 7.71. The Kier molecular flexibility index (Phi) is 8.26. The van der Waals surface area contributed by atoms with Crippen molar-refractivity contribution in [3.63, 3.8) is 0 Å². The van der Waals surface area contributed by atoms with Gasteiger partial charge >= 0.3 is 5.97 Å². The minimum atomic E-state index is -1.26. The van der Waals surface area contributed by atoms with Crippen molar-refractivity contribution < 1.29 is 24.1 Å². The summed E-state index contributed by atoms with van der Waals surface area (Å²) in [6, 6.07) is 23.6. The third-order valence-corrected chi connectivity index (χ3v) is 9.60. The number of hydrogen-bond donors (Lipinski definition) is 1. The first-order valence-electron chi connectivity index (χ1n) is 13.9. The molecule has 3 aromatic carbocycles. The van der Waals surface area contributed by atoms with Crippen molar-refractivity contribution in [2.45, 2.75) is 19.4 Å². The zero-order valence-electron chi connectivity index (χ0n) is 24.9. The summed E-state index contributed by atoms with van der Waals surface area (Å²) in [5.74, 6) is 0.334. The van der Waals surface area contributed by atoms with E-state index < -0.39 is 5.97 Å². The van der Waals surface area contributed by atoms with Crippen LogP contribution in [0.2, 0.25) is 0 Å². The van der Waals surface area contributed by atoms with Gasteiger partial charge in [0.15, 0.2) is 11.5 Å². The molecule has 1 N–H and O–H groups in total. The smallest absolute Gasteiger partial charge is 0.346 e. The molecule has 0 saturated heterocycles. The molecule has 1 aliphatic heterocycles. The van der Waals surface area contributed by atoms with Crippen molar-refractivity contribution in [2.24, 2.45) is 5.10 Å². The highest BCUT2D eigenvalue weighted by Gasteiger charge is 2.32. The van der Waals surface area contributed by atoms with Crippen LogP contribution in [-0.4, -0.2) is 43.1 Å². The van der Waals surface area contributed by atoms with Gasteiger partial charge in [0, 0.05) is 16.9 Å². The minimum Gasteiger partial charge on any atom is -0.493 e. The Balaban J connectivity index is 1.39. The first-order chi connectivity index (χ1) is 21.8. The molecule has 9 nitrogen and oxygen atoms in total. The molecule has 0 radical (unpaired) electrons. The number of thiophene rings is 1. The highest BCUT2D eigenvalue weighted by atomic mass is 32.1. The maximum absolute atomic E-state index is 11.4. The molecule has 1 aliphatic rings. The Bertz CT molecular complexity index is 2000. The molecule has 5 aromatic rings. The van der Waals surface area contributed by atoms with Crippen LogP contribution in [0, 0.1) is 18.3 Å². The summed E-state index contributed by atoms with van der Waals surface area (Å²) in [5.41, 5.74) is 5.52. The lowest BCUT2D eigenvalue weighted by molar-refractivity contribution is -0.132. The number of nitrogens with zero attached hydrogens (tertiary/aromatic N) is 4. The van der Waals surface area contributed by atoms with E-state index in [0.717, 1.165) is 42.6 Å². The zero-order chi connectivity index (χ0) is 31.7. The fourth-order valence-corrected chi connectivity index (χ4v) is 7.25. The SMILES string of the molecule is COc1cc(C2CC(c3ccc(/C=C(\C#N)C(=O)O)s3)=NN2c2ccc(-c3nc4ccc(C)cc4s3)cc2)cc(OC)c1OC. The van der Waals surface area contributed by atoms with Gasteiger partial charge in [-0.05, 0) is 84.8 Å². The van der Waals surface area contributed by atoms with Crippen LogP contribution in [0.4, 0.5) is 5.69 Å². The van der Waals surface area contributed by atoms with E-state index in [1.807, 2.05) is 35.3 Å². The summed E-state index contributed by atoms with van der Waals surface area (Å²) < 4.78 is 18.0. The number of hydrogen-bond acceptors (Lipinski definition) is 10. The number of hydrazone groups is 1. The minimum absolute atomic E-state index is 0.209. The van der Waals surface area contributed by atoms with E-state index in [-0.39, 0.29) is 11.6 Å². The molecule has 0 bridgehead atoms. The predicted molar refractivity (Wildman–Crippen MR) is 178 cm³/mol. The molecular formula is C34H28N4O5S2. The number of nitriles is 1. The number of anilines is 1. The number of thiazole rings is 1. The van der Waals surface area contributed by atoms with E-state index in [1.54, 1.807) is 44.8 Å². The van der Waals surface area contributed by atoms with Crippen molar-refractivity contribution >= 4 is 56.3 Å². The number of carboxylic acid groups (broad SMARTS) is 1. The standard InChI is InChI=1S/C34H28N4O5S2/c1-19-5-11-25-31(13-19)45-33(36-25)20-6-8-23(9-7-20)38-27(21-15-28(41-2)32(43-4)29(16-21)42-3)17-26(37-38)30-12-10-24(44-30)14-22(18-35)34(39)40/h5-16,27H,17H2,1-4H3,(H,39,40)/b22-14+. The summed E-state index contributed by atoms with van der Waals surface area (Å²) >= 11 is 3.05. The van der Waals surface area contributed by atoms with E-state index in [4.69, 9.17) is 24.3 Å². The average Bonchev–Trinajstić information content (AvgIpc) is 3.81. The molecule has 3 heterocycles. The van der Waals surface area contributed by atoms with Gasteiger partial charge in [0.25, 0.3) is 0 Å². The monoisotopic (exact) mass is 636 g/mol. The third kappa shape index (κ3) is 5.85. The van der Waals surface area contributed by atoms with Crippen LogP contribution in [0.25, 0.3) is 26.9 Å². The average molecular weight is 637 g/mol. The van der Waals surface area contributed by atoms with Crippen LogP contribution in [0.15, 0.2) is 77.4 Å². The normalized spacial score (nSPS) is 14.7. The Morgan fingerprint density at radius 1 is 1.00 bits per heavy atom. The number of benzene rings is 3. The summed E-state index contributed by atoms with van der Waals surface area (Å²) in [6.07, 6.45) is 1.94. The van der Waals surface area contributed by atoms with Gasteiger partial charge in [-0.1, -0.05) is 6.07 Å². The maximum atomic E-state index is 11.4. The number of carbonyl (C=O) groups is 1. The summed E-state index contributed by atoms with van der Waals surface area (Å²) in [5, 5.41) is 26.5. The van der Waals surface area contributed by atoms with E-state index in [9.17, 15) is 15.2 Å². The van der Waals surface area contributed by atoms with Crippen LogP contribution in [-0.2, 0) is 4.79 Å². The Labute approximate surface area is 267 Å². The van der Waals surface area contributed by atoms with Gasteiger partial charge in [-0.15, -0.1) is 22.7 Å². The number of aliphatic carboxylic acids is 1. The molecule has 2 aromatic heterocycles. The Morgan fingerprint density at radius 3 is 2.38 bits per heavy atom.